The first-order valence-electron chi connectivity index (χ1n) is 13.1. The van der Waals surface area contributed by atoms with E-state index in [4.69, 9.17) is 14.6 Å². The van der Waals surface area contributed by atoms with E-state index in [1.807, 2.05) is 0 Å². The molecule has 0 heterocycles. The maximum Gasteiger partial charge on any atom is 0.317 e. The summed E-state index contributed by atoms with van der Waals surface area (Å²) in [4.78, 5) is 34.6. The summed E-state index contributed by atoms with van der Waals surface area (Å²) in [6.07, 6.45) is 17.7. The van der Waals surface area contributed by atoms with E-state index in [-0.39, 0.29) is 25.6 Å². The summed E-state index contributed by atoms with van der Waals surface area (Å²) < 4.78 is 10.7. The average Bonchev–Trinajstić information content (AvgIpc) is 2.74. The summed E-state index contributed by atoms with van der Waals surface area (Å²) in [5.74, 6) is -1.88. The first-order valence-corrected chi connectivity index (χ1v) is 13.1. The van der Waals surface area contributed by atoms with Crippen LogP contribution in [0, 0.1) is 0 Å². The number of esters is 2. The summed E-state index contributed by atoms with van der Waals surface area (Å²) in [6.45, 7) is 4.63. The average molecular weight is 457 g/mol. The van der Waals surface area contributed by atoms with Crippen LogP contribution in [0.4, 0.5) is 0 Å². The second-order valence-corrected chi connectivity index (χ2v) is 8.83. The molecule has 0 fully saturated rings. The largest absolute Gasteiger partial charge is 0.481 e. The minimum absolute atomic E-state index is 0.108. The number of carboxylic acids is 1. The molecule has 0 spiro atoms. The van der Waals surface area contributed by atoms with Crippen LogP contribution in [0.1, 0.15) is 136 Å². The predicted molar refractivity (Wildman–Crippen MR) is 128 cm³/mol. The van der Waals surface area contributed by atoms with E-state index in [0.717, 1.165) is 38.5 Å². The van der Waals surface area contributed by atoms with Gasteiger partial charge in [-0.15, -0.1) is 0 Å². The number of hydrogen-bond acceptors (Lipinski definition) is 5. The SMILES string of the molecule is CCCCCCCCC(CCCCCCCC)OC(=O)CC(=O)OCCCCCC(=O)O. The maximum atomic E-state index is 12.2. The van der Waals surface area contributed by atoms with Crippen molar-refractivity contribution < 1.29 is 29.0 Å². The molecule has 1 N–H and O–H groups in total. The smallest absolute Gasteiger partial charge is 0.317 e. The van der Waals surface area contributed by atoms with Crippen molar-refractivity contribution in [3.05, 3.63) is 0 Å². The molecule has 32 heavy (non-hydrogen) atoms. The zero-order valence-electron chi connectivity index (χ0n) is 20.7. The Bertz CT molecular complexity index is 461. The molecule has 0 radical (unpaired) electrons. The third-order valence-corrected chi connectivity index (χ3v) is 5.64. The fraction of sp³-hybridized carbons (Fsp3) is 0.885. The highest BCUT2D eigenvalue weighted by Gasteiger charge is 2.18. The van der Waals surface area contributed by atoms with Crippen LogP contribution >= 0.6 is 0 Å². The summed E-state index contributed by atoms with van der Waals surface area (Å²) in [5, 5.41) is 8.60. The number of hydrogen-bond donors (Lipinski definition) is 1. The van der Waals surface area contributed by atoms with Gasteiger partial charge in [0.05, 0.1) is 6.61 Å². The van der Waals surface area contributed by atoms with Gasteiger partial charge in [0.25, 0.3) is 0 Å². The lowest BCUT2D eigenvalue weighted by Gasteiger charge is -2.18. The number of carboxylic acid groups (broad SMARTS) is 1. The van der Waals surface area contributed by atoms with E-state index in [1.54, 1.807) is 0 Å². The molecule has 0 aliphatic carbocycles. The van der Waals surface area contributed by atoms with Gasteiger partial charge in [-0.05, 0) is 44.9 Å². The van der Waals surface area contributed by atoms with E-state index in [2.05, 4.69) is 13.8 Å². The highest BCUT2D eigenvalue weighted by atomic mass is 16.6. The van der Waals surface area contributed by atoms with Crippen LogP contribution in [0.5, 0.6) is 0 Å². The maximum absolute atomic E-state index is 12.2. The second kappa shape index (κ2) is 22.6. The van der Waals surface area contributed by atoms with Crippen LogP contribution in [0.25, 0.3) is 0 Å². The normalized spacial score (nSPS) is 11.0. The van der Waals surface area contributed by atoms with Crippen molar-refractivity contribution in [2.24, 2.45) is 0 Å². The van der Waals surface area contributed by atoms with E-state index >= 15 is 0 Å². The molecular weight excluding hydrogens is 408 g/mol. The van der Waals surface area contributed by atoms with Gasteiger partial charge < -0.3 is 14.6 Å². The van der Waals surface area contributed by atoms with Gasteiger partial charge >= 0.3 is 17.9 Å². The number of carbonyl (C=O) groups excluding carboxylic acids is 2. The molecule has 0 aliphatic heterocycles. The summed E-state index contributed by atoms with van der Waals surface area (Å²) in [5.41, 5.74) is 0. The molecule has 0 saturated heterocycles. The van der Waals surface area contributed by atoms with Crippen LogP contribution in [-0.4, -0.2) is 35.7 Å². The molecule has 0 aromatic rings. The van der Waals surface area contributed by atoms with Crippen LogP contribution in [-0.2, 0) is 23.9 Å². The van der Waals surface area contributed by atoms with Crippen molar-refractivity contribution in [1.82, 2.24) is 0 Å². The Kier molecular flexibility index (Phi) is 21.5. The quantitative estimate of drug-likeness (QED) is 0.101. The minimum Gasteiger partial charge on any atom is -0.481 e. The third kappa shape index (κ3) is 21.6. The predicted octanol–water partition coefficient (Wildman–Crippen LogP) is 6.98. The van der Waals surface area contributed by atoms with Crippen molar-refractivity contribution in [3.63, 3.8) is 0 Å². The molecule has 0 amide bonds. The van der Waals surface area contributed by atoms with E-state index < -0.39 is 17.9 Å². The van der Waals surface area contributed by atoms with Gasteiger partial charge in [-0.2, -0.15) is 0 Å². The Morgan fingerprint density at radius 2 is 1.16 bits per heavy atom. The monoisotopic (exact) mass is 456 g/mol. The first kappa shape index (κ1) is 30.4. The second-order valence-electron chi connectivity index (χ2n) is 8.83. The van der Waals surface area contributed by atoms with Gasteiger partial charge in [0.1, 0.15) is 12.5 Å². The van der Waals surface area contributed by atoms with Gasteiger partial charge in [-0.3, -0.25) is 14.4 Å². The Balaban J connectivity index is 4.16. The van der Waals surface area contributed by atoms with E-state index in [9.17, 15) is 14.4 Å². The summed E-state index contributed by atoms with van der Waals surface area (Å²) in [7, 11) is 0. The first-order chi connectivity index (χ1) is 15.5. The lowest BCUT2D eigenvalue weighted by Crippen LogP contribution is -2.21. The van der Waals surface area contributed by atoms with Crippen molar-refractivity contribution in [2.45, 2.75) is 142 Å². The number of carbonyl (C=O) groups is 3. The van der Waals surface area contributed by atoms with Crippen molar-refractivity contribution in [2.75, 3.05) is 6.61 Å². The Hall–Kier alpha value is -1.59. The fourth-order valence-corrected chi connectivity index (χ4v) is 3.70. The van der Waals surface area contributed by atoms with Crippen molar-refractivity contribution in [3.8, 4) is 0 Å². The molecule has 0 saturated carbocycles. The third-order valence-electron chi connectivity index (χ3n) is 5.64. The van der Waals surface area contributed by atoms with Gasteiger partial charge in [0.15, 0.2) is 0 Å². The molecule has 0 aromatic heterocycles. The number of unbranched alkanes of at least 4 members (excludes halogenated alkanes) is 12. The zero-order chi connectivity index (χ0) is 23.9. The summed E-state index contributed by atoms with van der Waals surface area (Å²) in [6, 6.07) is 0. The fourth-order valence-electron chi connectivity index (χ4n) is 3.70. The van der Waals surface area contributed by atoms with Crippen LogP contribution in [0.3, 0.4) is 0 Å². The highest BCUT2D eigenvalue weighted by molar-refractivity contribution is 5.91. The molecular formula is C26H48O6. The molecule has 6 heteroatoms. The molecule has 0 bridgehead atoms. The standard InChI is InChI=1S/C26H48O6/c1-3-5-7-9-11-14-18-23(19-15-12-10-8-6-4-2)32-26(30)22-25(29)31-21-17-13-16-20-24(27)28/h23H,3-22H2,1-2H3,(H,27,28). The Morgan fingerprint density at radius 3 is 1.69 bits per heavy atom. The lowest BCUT2D eigenvalue weighted by molar-refractivity contribution is -0.158. The molecule has 188 valence electrons. The zero-order valence-corrected chi connectivity index (χ0v) is 20.7. The Labute approximate surface area is 195 Å². The summed E-state index contributed by atoms with van der Waals surface area (Å²) >= 11 is 0. The molecule has 6 nitrogen and oxygen atoms in total. The molecule has 0 unspecified atom stereocenters. The van der Waals surface area contributed by atoms with Gasteiger partial charge in [0, 0.05) is 6.42 Å². The van der Waals surface area contributed by atoms with Crippen LogP contribution in [0.15, 0.2) is 0 Å². The van der Waals surface area contributed by atoms with Gasteiger partial charge in [-0.25, -0.2) is 0 Å². The van der Waals surface area contributed by atoms with Gasteiger partial charge in [0.2, 0.25) is 0 Å². The van der Waals surface area contributed by atoms with Crippen LogP contribution < -0.4 is 0 Å². The number of rotatable bonds is 23. The Morgan fingerprint density at radius 1 is 0.656 bits per heavy atom. The molecule has 0 atom stereocenters. The number of ether oxygens (including phenoxy) is 2. The topological polar surface area (TPSA) is 89.9 Å². The number of aliphatic carboxylic acids is 1. The highest BCUT2D eigenvalue weighted by Crippen LogP contribution is 2.17. The lowest BCUT2D eigenvalue weighted by atomic mass is 10.0. The molecule has 0 aromatic carbocycles. The minimum atomic E-state index is -0.818. The van der Waals surface area contributed by atoms with E-state index in [1.165, 1.54) is 51.4 Å². The molecule has 0 aliphatic rings. The van der Waals surface area contributed by atoms with Crippen molar-refractivity contribution in [1.29, 1.82) is 0 Å². The van der Waals surface area contributed by atoms with E-state index in [0.29, 0.717) is 19.3 Å². The molecule has 0 rings (SSSR count). The van der Waals surface area contributed by atoms with Gasteiger partial charge in [-0.1, -0.05) is 78.1 Å². The van der Waals surface area contributed by atoms with Crippen LogP contribution in [0.2, 0.25) is 0 Å². The van der Waals surface area contributed by atoms with Crippen molar-refractivity contribution >= 4 is 17.9 Å².